The van der Waals surface area contributed by atoms with Crippen LogP contribution < -0.4 is 20.1 Å². The highest BCUT2D eigenvalue weighted by Gasteiger charge is 2.08. The highest BCUT2D eigenvalue weighted by Crippen LogP contribution is 2.25. The monoisotopic (exact) mass is 391 g/mol. The summed E-state index contributed by atoms with van der Waals surface area (Å²) in [6, 6.07) is 17.8. The second-order valence-corrected chi connectivity index (χ2v) is 6.11. The van der Waals surface area contributed by atoms with Crippen LogP contribution in [0.3, 0.4) is 0 Å². The second-order valence-electron chi connectivity index (χ2n) is 6.11. The molecule has 0 saturated carbocycles. The van der Waals surface area contributed by atoms with Crippen LogP contribution in [0.15, 0.2) is 73.1 Å². The molecule has 0 bridgehead atoms. The van der Waals surface area contributed by atoms with Crippen molar-refractivity contribution in [2.45, 2.75) is 6.54 Å². The summed E-state index contributed by atoms with van der Waals surface area (Å²) in [6.45, 7) is 0.183. The molecule has 2 amide bonds. The zero-order valence-corrected chi connectivity index (χ0v) is 15.9. The Balaban J connectivity index is 1.51. The summed E-state index contributed by atoms with van der Waals surface area (Å²) >= 11 is 0. The molecule has 7 nitrogen and oxygen atoms in total. The van der Waals surface area contributed by atoms with Gasteiger partial charge in [-0.3, -0.25) is 14.6 Å². The molecule has 0 aliphatic carbocycles. The Morgan fingerprint density at radius 2 is 1.83 bits per heavy atom. The Hall–Kier alpha value is -3.87. The number of nitrogens with zero attached hydrogens (tertiary/aromatic N) is 1. The predicted molar refractivity (Wildman–Crippen MR) is 109 cm³/mol. The number of aromatic nitrogens is 1. The molecule has 0 atom stereocenters. The largest absolute Gasteiger partial charge is 0.493 e. The van der Waals surface area contributed by atoms with Gasteiger partial charge in [0, 0.05) is 24.6 Å². The van der Waals surface area contributed by atoms with Gasteiger partial charge in [-0.25, -0.2) is 0 Å². The zero-order valence-electron chi connectivity index (χ0n) is 15.9. The minimum absolute atomic E-state index is 0.127. The van der Waals surface area contributed by atoms with Crippen LogP contribution in [-0.2, 0) is 11.3 Å². The molecule has 0 aliphatic rings. The number of carbonyl (C=O) groups excluding carboxylic acids is 2. The van der Waals surface area contributed by atoms with Crippen LogP contribution in [-0.4, -0.2) is 30.5 Å². The van der Waals surface area contributed by atoms with Crippen molar-refractivity contribution in [3.8, 4) is 11.5 Å². The van der Waals surface area contributed by atoms with Crippen LogP contribution in [0.2, 0.25) is 0 Å². The van der Waals surface area contributed by atoms with E-state index in [1.807, 2.05) is 18.2 Å². The third-order valence-electron chi connectivity index (χ3n) is 4.03. The van der Waals surface area contributed by atoms with Crippen molar-refractivity contribution in [2.24, 2.45) is 0 Å². The molecule has 3 aromatic rings. The van der Waals surface area contributed by atoms with E-state index < -0.39 is 0 Å². The number of amides is 2. The summed E-state index contributed by atoms with van der Waals surface area (Å²) in [7, 11) is 1.54. The van der Waals surface area contributed by atoms with Gasteiger partial charge in [0.25, 0.3) is 11.8 Å². The number of pyridine rings is 1. The van der Waals surface area contributed by atoms with Crippen molar-refractivity contribution >= 4 is 17.5 Å². The van der Waals surface area contributed by atoms with Crippen molar-refractivity contribution in [2.75, 3.05) is 19.0 Å². The molecule has 0 radical (unpaired) electrons. The molecular formula is C22H21N3O4. The summed E-state index contributed by atoms with van der Waals surface area (Å²) in [5, 5.41) is 5.61. The molecule has 2 N–H and O–H groups in total. The molecular weight excluding hydrogens is 370 g/mol. The summed E-state index contributed by atoms with van der Waals surface area (Å²) < 4.78 is 10.7. The number of rotatable bonds is 8. The van der Waals surface area contributed by atoms with E-state index in [1.54, 1.807) is 55.8 Å². The minimum Gasteiger partial charge on any atom is -0.493 e. The van der Waals surface area contributed by atoms with Crippen molar-refractivity contribution < 1.29 is 19.1 Å². The first-order chi connectivity index (χ1) is 14.2. The van der Waals surface area contributed by atoms with Crippen LogP contribution in [0.1, 0.15) is 15.9 Å². The maximum atomic E-state index is 12.2. The lowest BCUT2D eigenvalue weighted by Crippen LogP contribution is -2.28. The highest BCUT2D eigenvalue weighted by atomic mass is 16.5. The topological polar surface area (TPSA) is 89.5 Å². The predicted octanol–water partition coefficient (Wildman–Crippen LogP) is 3.04. The number of ether oxygens (including phenoxy) is 2. The van der Waals surface area contributed by atoms with Crippen LogP contribution >= 0.6 is 0 Å². The van der Waals surface area contributed by atoms with E-state index in [1.165, 1.54) is 6.20 Å². The first-order valence-corrected chi connectivity index (χ1v) is 8.98. The van der Waals surface area contributed by atoms with Crippen LogP contribution in [0.5, 0.6) is 11.5 Å². The van der Waals surface area contributed by atoms with Crippen molar-refractivity contribution in [1.82, 2.24) is 10.3 Å². The number of methoxy groups -OCH3 is 1. The van der Waals surface area contributed by atoms with Gasteiger partial charge in [0.1, 0.15) is 0 Å². The van der Waals surface area contributed by atoms with E-state index >= 15 is 0 Å². The maximum absolute atomic E-state index is 12.2. The molecule has 2 aromatic carbocycles. The van der Waals surface area contributed by atoms with Gasteiger partial charge >= 0.3 is 0 Å². The van der Waals surface area contributed by atoms with E-state index in [-0.39, 0.29) is 18.4 Å². The highest BCUT2D eigenvalue weighted by molar-refractivity contribution is 6.04. The van der Waals surface area contributed by atoms with Gasteiger partial charge in [0.05, 0.1) is 12.7 Å². The van der Waals surface area contributed by atoms with Gasteiger partial charge in [-0.1, -0.05) is 24.3 Å². The van der Waals surface area contributed by atoms with Crippen molar-refractivity contribution in [3.05, 3.63) is 84.2 Å². The molecule has 0 saturated heterocycles. The van der Waals surface area contributed by atoms with E-state index in [4.69, 9.17) is 9.47 Å². The molecule has 1 heterocycles. The smallest absolute Gasteiger partial charge is 0.258 e. The Labute approximate surface area is 168 Å². The van der Waals surface area contributed by atoms with E-state index in [2.05, 4.69) is 15.6 Å². The fraction of sp³-hybridized carbons (Fsp3) is 0.136. The Bertz CT molecular complexity index is 977. The standard InChI is InChI=1S/C22H21N3O4/c1-28-19-9-2-3-10-20(19)29-15-21(26)24-13-16-6-4-8-18(12-16)25-22(27)17-7-5-11-23-14-17/h2-12,14H,13,15H2,1H3,(H,24,26)(H,25,27). The maximum Gasteiger partial charge on any atom is 0.258 e. The number of nitrogens with one attached hydrogen (secondary N) is 2. The number of hydrogen-bond acceptors (Lipinski definition) is 5. The minimum atomic E-state index is -0.263. The molecule has 0 aliphatic heterocycles. The zero-order chi connectivity index (χ0) is 20.5. The SMILES string of the molecule is COc1ccccc1OCC(=O)NCc1cccc(NC(=O)c2cccnc2)c1. The molecule has 0 spiro atoms. The first kappa shape index (κ1) is 19.9. The lowest BCUT2D eigenvalue weighted by atomic mass is 10.2. The quantitative estimate of drug-likeness (QED) is 0.616. The fourth-order valence-electron chi connectivity index (χ4n) is 2.59. The number of para-hydroxylation sites is 2. The molecule has 29 heavy (non-hydrogen) atoms. The number of anilines is 1. The van der Waals surface area contributed by atoms with Gasteiger partial charge in [-0.05, 0) is 42.0 Å². The molecule has 148 valence electrons. The van der Waals surface area contributed by atoms with E-state index in [0.29, 0.717) is 29.3 Å². The third kappa shape index (κ3) is 5.80. The molecule has 1 aromatic heterocycles. The normalized spacial score (nSPS) is 10.1. The van der Waals surface area contributed by atoms with Gasteiger partial charge in [0.2, 0.25) is 0 Å². The lowest BCUT2D eigenvalue weighted by molar-refractivity contribution is -0.123. The summed E-state index contributed by atoms with van der Waals surface area (Å²) in [5.74, 6) is 0.563. The molecule has 0 unspecified atom stereocenters. The molecule has 0 fully saturated rings. The summed E-state index contributed by atoms with van der Waals surface area (Å²) in [4.78, 5) is 28.2. The molecule has 3 rings (SSSR count). The van der Waals surface area contributed by atoms with Crippen molar-refractivity contribution in [3.63, 3.8) is 0 Å². The van der Waals surface area contributed by atoms with Gasteiger partial charge < -0.3 is 20.1 Å². The Morgan fingerprint density at radius 3 is 2.59 bits per heavy atom. The van der Waals surface area contributed by atoms with Crippen LogP contribution in [0.4, 0.5) is 5.69 Å². The third-order valence-corrected chi connectivity index (χ3v) is 4.03. The second kappa shape index (κ2) is 9.89. The Morgan fingerprint density at radius 1 is 1.00 bits per heavy atom. The fourth-order valence-corrected chi connectivity index (χ4v) is 2.59. The number of hydrogen-bond donors (Lipinski definition) is 2. The number of carbonyl (C=O) groups is 2. The summed E-state index contributed by atoms with van der Waals surface area (Å²) in [5.41, 5.74) is 1.95. The average molecular weight is 391 g/mol. The lowest BCUT2D eigenvalue weighted by Gasteiger charge is -2.11. The van der Waals surface area contributed by atoms with E-state index in [0.717, 1.165) is 5.56 Å². The van der Waals surface area contributed by atoms with E-state index in [9.17, 15) is 9.59 Å². The van der Waals surface area contributed by atoms with Gasteiger partial charge in [-0.2, -0.15) is 0 Å². The molecule has 7 heteroatoms. The van der Waals surface area contributed by atoms with Gasteiger partial charge in [0.15, 0.2) is 18.1 Å². The average Bonchev–Trinajstić information content (AvgIpc) is 2.77. The van der Waals surface area contributed by atoms with Crippen LogP contribution in [0, 0.1) is 0 Å². The first-order valence-electron chi connectivity index (χ1n) is 8.98. The summed E-state index contributed by atoms with van der Waals surface area (Å²) in [6.07, 6.45) is 3.11. The van der Waals surface area contributed by atoms with Crippen LogP contribution in [0.25, 0.3) is 0 Å². The number of benzene rings is 2. The van der Waals surface area contributed by atoms with Gasteiger partial charge in [-0.15, -0.1) is 0 Å². The Kier molecular flexibility index (Phi) is 6.78. The van der Waals surface area contributed by atoms with Crippen molar-refractivity contribution in [1.29, 1.82) is 0 Å².